The van der Waals surface area contributed by atoms with Crippen LogP contribution in [0, 0.1) is 13.0 Å². The minimum absolute atomic E-state index is 0.338. The van der Waals surface area contributed by atoms with E-state index in [2.05, 4.69) is 19.1 Å². The van der Waals surface area contributed by atoms with Gasteiger partial charge in [0.1, 0.15) is 5.75 Å². The number of allylic oxidation sites excluding steroid dienone is 1. The second kappa shape index (κ2) is 3.96. The Balaban J connectivity index is 3.00. The van der Waals surface area contributed by atoms with E-state index in [4.69, 9.17) is 0 Å². The normalized spacial score (nSPS) is 10.8. The van der Waals surface area contributed by atoms with Crippen LogP contribution in [-0.2, 0) is 0 Å². The molecule has 0 aliphatic heterocycles. The molecule has 1 nitrogen and oxygen atoms in total. The second-order valence-electron chi connectivity index (χ2n) is 2.71. The lowest BCUT2D eigenvalue weighted by molar-refractivity contribution is 0.471. The first-order valence-electron chi connectivity index (χ1n) is 4.12. The quantitative estimate of drug-likeness (QED) is 0.707. The van der Waals surface area contributed by atoms with E-state index in [1.165, 1.54) is 0 Å². The van der Waals surface area contributed by atoms with Gasteiger partial charge in [0.2, 0.25) is 0 Å². The van der Waals surface area contributed by atoms with Gasteiger partial charge in [-0.25, -0.2) is 0 Å². The Morgan fingerprint density at radius 1 is 1.58 bits per heavy atom. The average Bonchev–Trinajstić information content (AvgIpc) is 2.08. The van der Waals surface area contributed by atoms with Crippen molar-refractivity contribution in [3.05, 3.63) is 35.4 Å². The van der Waals surface area contributed by atoms with Crippen LogP contribution in [0.4, 0.5) is 0 Å². The third-order valence-corrected chi connectivity index (χ3v) is 1.79. The molecule has 1 rings (SSSR count). The molecule has 0 unspecified atom stereocenters. The van der Waals surface area contributed by atoms with E-state index in [9.17, 15) is 5.11 Å². The van der Waals surface area contributed by atoms with Gasteiger partial charge in [-0.05, 0) is 36.6 Å². The van der Waals surface area contributed by atoms with E-state index in [1.807, 2.05) is 13.0 Å². The summed E-state index contributed by atoms with van der Waals surface area (Å²) in [5, 5.41) is 9.35. The molecule has 1 aromatic rings. The molecule has 1 heteroatoms. The highest BCUT2D eigenvalue weighted by molar-refractivity contribution is 5.56. The summed E-state index contributed by atoms with van der Waals surface area (Å²) in [6.07, 6.45) is 5.04. The average molecular weight is 161 g/mol. The molecule has 12 heavy (non-hydrogen) atoms. The summed E-state index contributed by atoms with van der Waals surface area (Å²) in [6.45, 7) is 3.97. The molecule has 0 aliphatic rings. The van der Waals surface area contributed by atoms with Gasteiger partial charge in [-0.2, -0.15) is 0 Å². The Labute approximate surface area is 73.4 Å². The van der Waals surface area contributed by atoms with Gasteiger partial charge in [-0.1, -0.05) is 25.1 Å². The summed E-state index contributed by atoms with van der Waals surface area (Å²) in [4.78, 5) is 0. The molecule has 0 aromatic heterocycles. The largest absolute Gasteiger partial charge is 0.508 e. The number of benzene rings is 1. The maximum Gasteiger partial charge on any atom is 0.119 e. The van der Waals surface area contributed by atoms with Crippen molar-refractivity contribution >= 4 is 6.08 Å². The highest BCUT2D eigenvalue weighted by Crippen LogP contribution is 2.19. The van der Waals surface area contributed by atoms with Gasteiger partial charge in [0, 0.05) is 0 Å². The molecule has 0 bridgehead atoms. The molecule has 0 saturated carbocycles. The highest BCUT2D eigenvalue weighted by atomic mass is 16.3. The summed E-state index contributed by atoms with van der Waals surface area (Å²) in [5.41, 5.74) is 1.86. The Kier molecular flexibility index (Phi) is 2.92. The Morgan fingerprint density at radius 2 is 2.33 bits per heavy atom. The lowest BCUT2D eigenvalue weighted by atomic mass is 10.1. The fourth-order valence-electron chi connectivity index (χ4n) is 0.990. The molecular weight excluding hydrogens is 148 g/mol. The predicted molar refractivity (Wildman–Crippen MR) is 51.0 cm³/mol. The number of phenolic OH excluding ortho intramolecular Hbond substituents is 1. The van der Waals surface area contributed by atoms with Crippen LogP contribution in [-0.4, -0.2) is 5.11 Å². The van der Waals surface area contributed by atoms with Gasteiger partial charge < -0.3 is 5.11 Å². The van der Waals surface area contributed by atoms with Crippen LogP contribution in [0.2, 0.25) is 0 Å². The number of rotatable bonds is 2. The van der Waals surface area contributed by atoms with Crippen LogP contribution < -0.4 is 0 Å². The molecule has 1 aromatic carbocycles. The van der Waals surface area contributed by atoms with E-state index in [-0.39, 0.29) is 0 Å². The fraction of sp³-hybridized carbons (Fsp3) is 0.273. The minimum Gasteiger partial charge on any atom is -0.508 e. The smallest absolute Gasteiger partial charge is 0.119 e. The van der Waals surface area contributed by atoms with E-state index in [0.29, 0.717) is 5.75 Å². The van der Waals surface area contributed by atoms with Crippen LogP contribution >= 0.6 is 0 Å². The van der Waals surface area contributed by atoms with Crippen LogP contribution in [0.15, 0.2) is 18.2 Å². The summed E-state index contributed by atoms with van der Waals surface area (Å²) >= 11 is 0. The number of aromatic hydroxyl groups is 1. The molecule has 0 atom stereocenters. The fourth-order valence-corrected chi connectivity index (χ4v) is 0.990. The van der Waals surface area contributed by atoms with Crippen molar-refractivity contribution in [3.8, 4) is 5.75 Å². The maximum atomic E-state index is 9.35. The molecule has 0 aliphatic carbocycles. The van der Waals surface area contributed by atoms with Crippen molar-refractivity contribution in [2.24, 2.45) is 0 Å². The van der Waals surface area contributed by atoms with Crippen molar-refractivity contribution in [3.63, 3.8) is 0 Å². The zero-order valence-corrected chi connectivity index (χ0v) is 7.46. The van der Waals surface area contributed by atoms with Gasteiger partial charge in [0.15, 0.2) is 0 Å². The summed E-state index contributed by atoms with van der Waals surface area (Å²) in [7, 11) is 0. The second-order valence-corrected chi connectivity index (χ2v) is 2.71. The summed E-state index contributed by atoms with van der Waals surface area (Å²) in [5.74, 6) is 0.338. The van der Waals surface area contributed by atoms with Gasteiger partial charge >= 0.3 is 0 Å². The molecule has 0 saturated heterocycles. The van der Waals surface area contributed by atoms with Crippen molar-refractivity contribution < 1.29 is 5.11 Å². The first-order valence-corrected chi connectivity index (χ1v) is 4.12. The van der Waals surface area contributed by atoms with Gasteiger partial charge in [-0.3, -0.25) is 0 Å². The number of phenols is 1. The Hall–Kier alpha value is -1.24. The lowest BCUT2D eigenvalue weighted by Crippen LogP contribution is -1.80. The Morgan fingerprint density at radius 3 is 3.00 bits per heavy atom. The monoisotopic (exact) mass is 161 g/mol. The zero-order valence-electron chi connectivity index (χ0n) is 7.46. The third-order valence-electron chi connectivity index (χ3n) is 1.79. The highest BCUT2D eigenvalue weighted by Gasteiger charge is 1.97. The molecule has 0 amide bonds. The van der Waals surface area contributed by atoms with Crippen molar-refractivity contribution in [1.82, 2.24) is 0 Å². The molecule has 0 heterocycles. The van der Waals surface area contributed by atoms with E-state index in [1.54, 1.807) is 12.1 Å². The maximum absolute atomic E-state index is 9.35. The van der Waals surface area contributed by atoms with Crippen molar-refractivity contribution in [2.75, 3.05) is 0 Å². The van der Waals surface area contributed by atoms with Gasteiger partial charge in [0.25, 0.3) is 0 Å². The van der Waals surface area contributed by atoms with Gasteiger partial charge in [-0.15, -0.1) is 0 Å². The number of hydrogen-bond acceptors (Lipinski definition) is 1. The topological polar surface area (TPSA) is 20.2 Å². The van der Waals surface area contributed by atoms with Crippen LogP contribution in [0.3, 0.4) is 0 Å². The standard InChI is InChI=1S/C11H13O/c1-3-4-6-10-7-5-8-11(12)9(10)2/h4-6,8,12H,3H2,1-2H3/b6-4+. The van der Waals surface area contributed by atoms with Crippen LogP contribution in [0.5, 0.6) is 5.75 Å². The molecule has 1 radical (unpaired) electrons. The first kappa shape index (κ1) is 8.85. The SMILES string of the molecule is CC/C=C/c1[c]ccc(O)c1C. The zero-order chi connectivity index (χ0) is 8.97. The summed E-state index contributed by atoms with van der Waals surface area (Å²) < 4.78 is 0. The van der Waals surface area contributed by atoms with Crippen LogP contribution in [0.25, 0.3) is 6.08 Å². The lowest BCUT2D eigenvalue weighted by Gasteiger charge is -2.00. The number of hydrogen-bond donors (Lipinski definition) is 1. The van der Waals surface area contributed by atoms with Crippen molar-refractivity contribution in [1.29, 1.82) is 0 Å². The molecule has 0 spiro atoms. The summed E-state index contributed by atoms with van der Waals surface area (Å²) in [6, 6.07) is 6.45. The Bertz CT molecular complexity index is 287. The van der Waals surface area contributed by atoms with E-state index < -0.39 is 0 Å². The minimum atomic E-state index is 0.338. The molecule has 1 N–H and O–H groups in total. The van der Waals surface area contributed by atoms with Crippen molar-refractivity contribution in [2.45, 2.75) is 20.3 Å². The molecular formula is C11H13O. The first-order chi connectivity index (χ1) is 5.75. The third kappa shape index (κ3) is 1.88. The predicted octanol–water partition coefficient (Wildman–Crippen LogP) is 2.92. The van der Waals surface area contributed by atoms with E-state index in [0.717, 1.165) is 17.5 Å². The van der Waals surface area contributed by atoms with Gasteiger partial charge in [0.05, 0.1) is 0 Å². The molecule has 63 valence electrons. The van der Waals surface area contributed by atoms with Crippen LogP contribution in [0.1, 0.15) is 24.5 Å². The molecule has 0 fully saturated rings. The van der Waals surface area contributed by atoms with E-state index >= 15 is 0 Å².